The van der Waals surface area contributed by atoms with E-state index >= 15 is 0 Å². The number of aliphatic imine (C=N–C) groups is 1. The Bertz CT molecular complexity index is 2470. The fourth-order valence-electron chi connectivity index (χ4n) is 11.0. The highest BCUT2D eigenvalue weighted by Gasteiger charge is 2.58. The van der Waals surface area contributed by atoms with Crippen molar-refractivity contribution in [1.82, 2.24) is 5.32 Å². The van der Waals surface area contributed by atoms with Gasteiger partial charge < -0.3 is 5.32 Å². The van der Waals surface area contributed by atoms with Gasteiger partial charge in [0.05, 0.1) is 12.1 Å². The number of amidine groups is 1. The van der Waals surface area contributed by atoms with Gasteiger partial charge in [-0.15, -0.1) is 0 Å². The Morgan fingerprint density at radius 3 is 2.43 bits per heavy atom. The molecule has 0 saturated heterocycles. The van der Waals surface area contributed by atoms with E-state index in [-0.39, 0.29) is 17.5 Å². The number of hydrogen-bond donors (Lipinski definition) is 1. The lowest BCUT2D eigenvalue weighted by Gasteiger charge is -2.40. The first-order chi connectivity index (χ1) is 26.3. The SMILES string of the molecule is C1=CC2=C(CC1)C1(c3ccccc3-c3ccc(C4CC(C5C=CC(c6ccccc6)=CC5)N=C(c5ccc6ccccc6c5)N4)cc31)C1C=CCCC21. The van der Waals surface area contributed by atoms with Crippen molar-refractivity contribution in [2.75, 3.05) is 0 Å². The van der Waals surface area contributed by atoms with Crippen LogP contribution in [0.15, 0.2) is 174 Å². The largest absolute Gasteiger partial charge is 0.363 e. The van der Waals surface area contributed by atoms with Gasteiger partial charge in [0, 0.05) is 22.8 Å². The lowest BCUT2D eigenvalue weighted by atomic mass is 9.63. The molecule has 0 fully saturated rings. The molecule has 2 nitrogen and oxygen atoms in total. The quantitative estimate of drug-likeness (QED) is 0.187. The van der Waals surface area contributed by atoms with Crippen LogP contribution in [-0.4, -0.2) is 11.9 Å². The summed E-state index contributed by atoms with van der Waals surface area (Å²) in [5.74, 6) is 2.41. The van der Waals surface area contributed by atoms with Gasteiger partial charge in [0.2, 0.25) is 0 Å². The molecule has 1 spiro atoms. The highest BCUT2D eigenvalue weighted by Crippen LogP contribution is 2.66. The van der Waals surface area contributed by atoms with Gasteiger partial charge in [-0.1, -0.05) is 157 Å². The van der Waals surface area contributed by atoms with Gasteiger partial charge in [-0.25, -0.2) is 0 Å². The Morgan fingerprint density at radius 2 is 1.53 bits per heavy atom. The second-order valence-corrected chi connectivity index (χ2v) is 16.0. The number of nitrogens with zero attached hydrogens (tertiary/aromatic N) is 1. The zero-order chi connectivity index (χ0) is 34.9. The van der Waals surface area contributed by atoms with Gasteiger partial charge in [0.15, 0.2) is 0 Å². The molecule has 0 bridgehead atoms. The lowest BCUT2D eigenvalue weighted by Crippen LogP contribution is -2.40. The molecule has 0 radical (unpaired) electrons. The van der Waals surface area contributed by atoms with Gasteiger partial charge in [0.1, 0.15) is 5.84 Å². The van der Waals surface area contributed by atoms with Crippen LogP contribution in [0.5, 0.6) is 0 Å². The average molecular weight is 685 g/mol. The lowest BCUT2D eigenvalue weighted by molar-refractivity contribution is 0.356. The summed E-state index contributed by atoms with van der Waals surface area (Å²) in [7, 11) is 0. The third-order valence-electron chi connectivity index (χ3n) is 13.4. The molecule has 6 aliphatic rings. The molecule has 0 aromatic heterocycles. The second-order valence-electron chi connectivity index (χ2n) is 16.0. The highest BCUT2D eigenvalue weighted by atomic mass is 15.1. The van der Waals surface area contributed by atoms with Crippen molar-refractivity contribution in [3.05, 3.63) is 197 Å². The molecule has 1 heterocycles. The number of rotatable bonds is 4. The molecular formula is C51H44N2. The van der Waals surface area contributed by atoms with E-state index in [2.05, 4.69) is 163 Å². The first-order valence-electron chi connectivity index (χ1n) is 19.8. The normalized spacial score (nSPS) is 27.9. The predicted octanol–water partition coefficient (Wildman–Crippen LogP) is 11.9. The zero-order valence-corrected chi connectivity index (χ0v) is 30.1. The van der Waals surface area contributed by atoms with Crippen LogP contribution in [0, 0.1) is 17.8 Å². The summed E-state index contributed by atoms with van der Waals surface area (Å²) < 4.78 is 0. The Labute approximate surface area is 313 Å². The standard InChI is InChI=1S/C51H44N2/c1-2-12-33(13-3-1)35-22-25-36(26-23-35)48-32-49(53-50(52-48)39-27-24-34-14-4-5-15-37(34)30-39)38-28-29-43-42-18-8-11-21-46(42)51(47(43)31-38)44-19-9-6-16-40(44)41-17-7-10-20-45(41)51/h1-6,8,10-16,18,20-25,27-31,36,41,45,48-49H,7,9,17,19,26,32H2,(H,52,53). The molecule has 2 heteroatoms. The Balaban J connectivity index is 1.02. The molecule has 11 rings (SSSR count). The van der Waals surface area contributed by atoms with Gasteiger partial charge in [-0.3, -0.25) is 4.99 Å². The van der Waals surface area contributed by atoms with Crippen LogP contribution in [0.4, 0.5) is 0 Å². The van der Waals surface area contributed by atoms with Crippen molar-refractivity contribution >= 4 is 22.2 Å². The summed E-state index contributed by atoms with van der Waals surface area (Å²) in [6.45, 7) is 0. The Morgan fingerprint density at radius 1 is 0.679 bits per heavy atom. The van der Waals surface area contributed by atoms with E-state index in [9.17, 15) is 0 Å². The van der Waals surface area contributed by atoms with Crippen LogP contribution in [0.3, 0.4) is 0 Å². The molecule has 1 aliphatic heterocycles. The number of benzene rings is 5. The second kappa shape index (κ2) is 12.3. The van der Waals surface area contributed by atoms with E-state index in [0.29, 0.717) is 17.8 Å². The van der Waals surface area contributed by atoms with Crippen molar-refractivity contribution in [3.63, 3.8) is 0 Å². The molecule has 6 unspecified atom stereocenters. The summed E-state index contributed by atoms with van der Waals surface area (Å²) in [5, 5.41) is 6.54. The summed E-state index contributed by atoms with van der Waals surface area (Å²) in [6, 6.07) is 43.5. The van der Waals surface area contributed by atoms with Crippen LogP contribution in [-0.2, 0) is 5.41 Å². The molecule has 53 heavy (non-hydrogen) atoms. The minimum atomic E-state index is -0.0995. The molecular weight excluding hydrogens is 641 g/mol. The average Bonchev–Trinajstić information content (AvgIpc) is 3.71. The summed E-state index contributed by atoms with van der Waals surface area (Å²) in [6.07, 6.45) is 23.9. The van der Waals surface area contributed by atoms with Gasteiger partial charge >= 0.3 is 0 Å². The fraction of sp³-hybridized carbons (Fsp3) is 0.235. The highest BCUT2D eigenvalue weighted by molar-refractivity contribution is 6.02. The molecule has 5 aromatic carbocycles. The Hall–Kier alpha value is -5.47. The van der Waals surface area contributed by atoms with Crippen LogP contribution in [0.2, 0.25) is 0 Å². The molecule has 5 aromatic rings. The van der Waals surface area contributed by atoms with Crippen LogP contribution in [0.1, 0.15) is 72.4 Å². The van der Waals surface area contributed by atoms with Crippen LogP contribution < -0.4 is 5.32 Å². The van der Waals surface area contributed by atoms with Crippen LogP contribution in [0.25, 0.3) is 27.5 Å². The first kappa shape index (κ1) is 31.1. The fourth-order valence-corrected chi connectivity index (χ4v) is 11.0. The van der Waals surface area contributed by atoms with Crippen molar-refractivity contribution in [3.8, 4) is 11.1 Å². The Kier molecular flexibility index (Phi) is 7.22. The van der Waals surface area contributed by atoms with Crippen LogP contribution >= 0.6 is 0 Å². The van der Waals surface area contributed by atoms with E-state index in [4.69, 9.17) is 4.99 Å². The van der Waals surface area contributed by atoms with E-state index in [0.717, 1.165) is 31.5 Å². The maximum Gasteiger partial charge on any atom is 0.129 e. The maximum atomic E-state index is 5.54. The molecule has 0 amide bonds. The molecule has 6 atom stereocenters. The van der Waals surface area contributed by atoms with Gasteiger partial charge in [-0.2, -0.15) is 0 Å². The minimum Gasteiger partial charge on any atom is -0.363 e. The molecule has 1 N–H and O–H groups in total. The van der Waals surface area contributed by atoms with E-state index in [1.807, 2.05) is 0 Å². The van der Waals surface area contributed by atoms with Gasteiger partial charge in [-0.05, 0) is 106 Å². The maximum absolute atomic E-state index is 5.54. The third kappa shape index (κ3) is 4.81. The monoisotopic (exact) mass is 684 g/mol. The number of nitrogens with one attached hydrogen (secondary N) is 1. The summed E-state index contributed by atoms with van der Waals surface area (Å²) >= 11 is 0. The van der Waals surface area contributed by atoms with Crippen molar-refractivity contribution in [2.45, 2.75) is 56.0 Å². The van der Waals surface area contributed by atoms with Crippen molar-refractivity contribution in [1.29, 1.82) is 0 Å². The van der Waals surface area contributed by atoms with E-state index in [1.54, 1.807) is 11.1 Å². The predicted molar refractivity (Wildman–Crippen MR) is 220 cm³/mol. The minimum absolute atomic E-state index is 0.0995. The smallest absolute Gasteiger partial charge is 0.129 e. The third-order valence-corrected chi connectivity index (χ3v) is 13.4. The first-order valence-corrected chi connectivity index (χ1v) is 19.8. The zero-order valence-electron chi connectivity index (χ0n) is 30.1. The molecule has 258 valence electrons. The summed E-state index contributed by atoms with van der Waals surface area (Å²) in [5.41, 5.74) is 14.3. The topological polar surface area (TPSA) is 24.4 Å². The number of fused-ring (bicyclic) bond motifs is 10. The summed E-state index contributed by atoms with van der Waals surface area (Å²) in [4.78, 5) is 5.54. The van der Waals surface area contributed by atoms with Crippen molar-refractivity contribution in [2.24, 2.45) is 22.7 Å². The van der Waals surface area contributed by atoms with E-state index < -0.39 is 0 Å². The van der Waals surface area contributed by atoms with Gasteiger partial charge in [0.25, 0.3) is 0 Å². The molecule has 5 aliphatic carbocycles. The number of allylic oxidation sites excluding steroid dienone is 9. The van der Waals surface area contributed by atoms with Crippen molar-refractivity contribution < 1.29 is 0 Å². The molecule has 0 saturated carbocycles. The van der Waals surface area contributed by atoms with E-state index in [1.165, 1.54) is 68.1 Å². The number of hydrogen-bond acceptors (Lipinski definition) is 2.